The molecule has 1 atom stereocenters. The Morgan fingerprint density at radius 1 is 0.905 bits per heavy atom. The van der Waals surface area contributed by atoms with Crippen molar-refractivity contribution in [2.75, 3.05) is 45.1 Å². The van der Waals surface area contributed by atoms with Gasteiger partial charge >= 0.3 is 0 Å². The van der Waals surface area contributed by atoms with Crippen LogP contribution in [-0.4, -0.2) is 93.1 Å². The van der Waals surface area contributed by atoms with Crippen LogP contribution in [0.15, 0.2) is 73.1 Å². The molecule has 11 nitrogen and oxygen atoms in total. The molecule has 13 heteroatoms. The molecule has 2 fully saturated rings. The lowest BCUT2D eigenvalue weighted by molar-refractivity contribution is -0.125. The maximum atomic E-state index is 14.1. The Bertz CT molecular complexity index is 2350. The van der Waals surface area contributed by atoms with Crippen molar-refractivity contribution in [2.45, 2.75) is 109 Å². The zero-order valence-electron chi connectivity index (χ0n) is 36.5. The molecule has 332 valence electrons. The molecule has 0 spiro atoms. The van der Waals surface area contributed by atoms with Crippen LogP contribution in [0.1, 0.15) is 110 Å². The minimum Gasteiger partial charge on any atom is -0.357 e. The molecule has 3 aliphatic rings. The normalized spacial score (nSPS) is 16.7. The van der Waals surface area contributed by atoms with Gasteiger partial charge in [0.2, 0.25) is 11.9 Å². The molecule has 0 bridgehead atoms. The third-order valence-corrected chi connectivity index (χ3v) is 13.4. The third kappa shape index (κ3) is 11.0. The number of amides is 2. The first-order chi connectivity index (χ1) is 30.8. The highest BCUT2D eigenvalue weighted by molar-refractivity contribution is 6.30. The predicted molar refractivity (Wildman–Crippen MR) is 248 cm³/mol. The van der Waals surface area contributed by atoms with Crippen molar-refractivity contribution >= 4 is 52.4 Å². The fourth-order valence-corrected chi connectivity index (χ4v) is 9.97. The first kappa shape index (κ1) is 44.4. The monoisotopic (exact) mass is 874 g/mol. The molecular weight excluding hydrogens is 815 g/mol. The molecule has 63 heavy (non-hydrogen) atoms. The lowest BCUT2D eigenvalue weighted by Crippen LogP contribution is -2.46. The standard InChI is InChI=1S/C50H60ClFN8O3/c1-53-48(62)46(14-10-26-61)60-33-38-27-35(17-20-43(38)49(60)63)11-6-3-2-4-9-21-57-22-24-58(25-23-57)32-36-15-18-37(19-16-36)45-34-59(42-12-7-5-8-13-42)47-44(45)31-54-50(56-47)55-41-29-39(51)28-40(52)30-41/h15-20,26-31,34,42,46H,2-14,21-25,32-33H2,1H3,(H,53,62)(H,54,55,56). The summed E-state index contributed by atoms with van der Waals surface area (Å²) >= 11 is 6.11. The Kier molecular flexibility index (Phi) is 14.8. The quantitative estimate of drug-likeness (QED) is 0.0623. The number of aryl methyl sites for hydroxylation is 1. The second kappa shape index (κ2) is 21.0. The van der Waals surface area contributed by atoms with E-state index in [0.29, 0.717) is 41.2 Å². The first-order valence-corrected chi connectivity index (χ1v) is 23.4. The van der Waals surface area contributed by atoms with Crippen molar-refractivity contribution in [3.05, 3.63) is 106 Å². The zero-order valence-corrected chi connectivity index (χ0v) is 37.2. The molecule has 1 aliphatic carbocycles. The molecule has 2 amide bonds. The summed E-state index contributed by atoms with van der Waals surface area (Å²) in [6.07, 6.45) is 18.4. The lowest BCUT2D eigenvalue weighted by atomic mass is 9.95. The van der Waals surface area contributed by atoms with E-state index in [2.05, 4.69) is 66.5 Å². The minimum absolute atomic E-state index is 0.132. The summed E-state index contributed by atoms with van der Waals surface area (Å²) in [5.74, 6) is -0.359. The van der Waals surface area contributed by atoms with Gasteiger partial charge in [-0.3, -0.25) is 14.5 Å². The van der Waals surface area contributed by atoms with Gasteiger partial charge in [-0.05, 0) is 91.6 Å². The summed E-state index contributed by atoms with van der Waals surface area (Å²) in [6, 6.07) is 19.2. The Morgan fingerprint density at radius 2 is 1.65 bits per heavy atom. The Labute approximate surface area is 375 Å². The molecule has 3 aromatic carbocycles. The van der Waals surface area contributed by atoms with Gasteiger partial charge in [-0.15, -0.1) is 0 Å². The topological polar surface area (TPSA) is 116 Å². The second-order valence-corrected chi connectivity index (χ2v) is 18.0. The van der Waals surface area contributed by atoms with E-state index in [0.717, 1.165) is 99.0 Å². The van der Waals surface area contributed by atoms with Gasteiger partial charge in [-0.2, -0.15) is 4.98 Å². The SMILES string of the molecule is CNC(=O)C(CCC=O)N1Cc2cc(CCCCCCCN3CCN(Cc4ccc(-c5cn(C6CCCCC6)c6nc(Nc7cc(F)cc(Cl)c7)ncc56)cc4)CC3)ccc2C1=O. The van der Waals surface area contributed by atoms with Crippen LogP contribution in [0.2, 0.25) is 5.02 Å². The number of unbranched alkanes of at least 4 members (excludes halogenated alkanes) is 4. The van der Waals surface area contributed by atoms with Crippen molar-refractivity contribution in [3.63, 3.8) is 0 Å². The number of aldehydes is 1. The van der Waals surface area contributed by atoms with E-state index in [-0.39, 0.29) is 18.2 Å². The molecule has 1 saturated carbocycles. The number of rotatable bonds is 19. The number of piperazine rings is 1. The van der Waals surface area contributed by atoms with E-state index >= 15 is 0 Å². The van der Waals surface area contributed by atoms with E-state index < -0.39 is 11.9 Å². The van der Waals surface area contributed by atoms with E-state index in [1.165, 1.54) is 68.2 Å². The van der Waals surface area contributed by atoms with Gasteiger partial charge in [0, 0.05) is 98.4 Å². The van der Waals surface area contributed by atoms with Crippen LogP contribution in [0.3, 0.4) is 0 Å². The van der Waals surface area contributed by atoms with Crippen LogP contribution < -0.4 is 10.6 Å². The number of fused-ring (bicyclic) bond motifs is 2. The fourth-order valence-electron chi connectivity index (χ4n) is 9.75. The van der Waals surface area contributed by atoms with Gasteiger partial charge in [0.1, 0.15) is 23.8 Å². The number of halogens is 2. The van der Waals surface area contributed by atoms with Gasteiger partial charge in [0.25, 0.3) is 5.91 Å². The Balaban J connectivity index is 0.768. The molecule has 4 heterocycles. The van der Waals surface area contributed by atoms with Crippen LogP contribution in [0, 0.1) is 5.82 Å². The number of nitrogens with one attached hydrogen (secondary N) is 2. The van der Waals surface area contributed by atoms with Crippen LogP contribution in [0.25, 0.3) is 22.2 Å². The van der Waals surface area contributed by atoms with Crippen molar-refractivity contribution in [2.24, 2.45) is 0 Å². The highest BCUT2D eigenvalue weighted by Crippen LogP contribution is 2.37. The largest absolute Gasteiger partial charge is 0.357 e. The number of benzene rings is 3. The molecule has 2 aliphatic heterocycles. The molecule has 2 aromatic heterocycles. The van der Waals surface area contributed by atoms with Gasteiger partial charge in [0.15, 0.2) is 0 Å². The highest BCUT2D eigenvalue weighted by atomic mass is 35.5. The van der Waals surface area contributed by atoms with E-state index in [4.69, 9.17) is 16.6 Å². The van der Waals surface area contributed by atoms with Crippen molar-refractivity contribution in [3.8, 4) is 11.1 Å². The van der Waals surface area contributed by atoms with Gasteiger partial charge in [0.05, 0.1) is 0 Å². The third-order valence-electron chi connectivity index (χ3n) is 13.2. The van der Waals surface area contributed by atoms with Crippen molar-refractivity contribution in [1.82, 2.24) is 34.6 Å². The number of carbonyl (C=O) groups is 3. The molecule has 1 unspecified atom stereocenters. The number of likely N-dealkylation sites (N-methyl/N-ethyl adjacent to an activating group) is 1. The first-order valence-electron chi connectivity index (χ1n) is 23.0. The van der Waals surface area contributed by atoms with E-state index in [1.54, 1.807) is 18.0 Å². The number of anilines is 2. The number of hydrogen-bond donors (Lipinski definition) is 2. The number of hydrogen-bond acceptors (Lipinski definition) is 8. The smallest absolute Gasteiger partial charge is 0.255 e. The van der Waals surface area contributed by atoms with Crippen LogP contribution >= 0.6 is 11.6 Å². The fraction of sp³-hybridized carbons (Fsp3) is 0.460. The van der Waals surface area contributed by atoms with Crippen molar-refractivity contribution in [1.29, 1.82) is 0 Å². The summed E-state index contributed by atoms with van der Waals surface area (Å²) in [5, 5.41) is 7.13. The van der Waals surface area contributed by atoms with Gasteiger partial charge < -0.3 is 29.8 Å². The van der Waals surface area contributed by atoms with Gasteiger partial charge in [-0.25, -0.2) is 9.37 Å². The van der Waals surface area contributed by atoms with Gasteiger partial charge in [-0.1, -0.05) is 86.5 Å². The summed E-state index contributed by atoms with van der Waals surface area (Å²) in [4.78, 5) is 53.0. The van der Waals surface area contributed by atoms with Crippen LogP contribution in [0.5, 0.6) is 0 Å². The Morgan fingerprint density at radius 3 is 2.41 bits per heavy atom. The summed E-state index contributed by atoms with van der Waals surface area (Å²) < 4.78 is 16.4. The maximum absolute atomic E-state index is 14.1. The van der Waals surface area contributed by atoms with E-state index in [9.17, 15) is 18.8 Å². The molecule has 2 N–H and O–H groups in total. The summed E-state index contributed by atoms with van der Waals surface area (Å²) in [5.41, 5.74) is 7.87. The van der Waals surface area contributed by atoms with Crippen LogP contribution in [-0.2, 0) is 29.1 Å². The maximum Gasteiger partial charge on any atom is 0.255 e. The highest BCUT2D eigenvalue weighted by Gasteiger charge is 2.36. The van der Waals surface area contributed by atoms with Crippen LogP contribution in [0.4, 0.5) is 16.0 Å². The molecule has 5 aromatic rings. The van der Waals surface area contributed by atoms with E-state index in [1.807, 2.05) is 18.3 Å². The minimum atomic E-state index is -0.634. The Hall–Kier alpha value is -5.17. The number of aromatic nitrogens is 3. The average Bonchev–Trinajstić information content (AvgIpc) is 3.83. The second-order valence-electron chi connectivity index (χ2n) is 17.6. The molecule has 8 rings (SSSR count). The zero-order chi connectivity index (χ0) is 43.7. The summed E-state index contributed by atoms with van der Waals surface area (Å²) in [6.45, 7) is 6.84. The lowest BCUT2D eigenvalue weighted by Gasteiger charge is -2.34. The molecular formula is C50H60ClFN8O3. The molecule has 0 radical (unpaired) electrons. The summed E-state index contributed by atoms with van der Waals surface area (Å²) in [7, 11) is 1.56. The number of carbonyl (C=O) groups excluding carboxylic acids is 3. The predicted octanol–water partition coefficient (Wildman–Crippen LogP) is 9.50. The number of nitrogens with zero attached hydrogens (tertiary/aromatic N) is 6. The molecule has 1 saturated heterocycles. The van der Waals surface area contributed by atoms with Crippen molar-refractivity contribution < 1.29 is 18.8 Å². The average molecular weight is 876 g/mol.